The minimum Gasteiger partial charge on any atom is -0.398 e. The molecule has 4 nitrogen and oxygen atoms in total. The van der Waals surface area contributed by atoms with Gasteiger partial charge in [0.2, 0.25) is 0 Å². The molecule has 0 spiro atoms. The zero-order chi connectivity index (χ0) is 21.2. The number of halogens is 4. The van der Waals surface area contributed by atoms with Crippen molar-refractivity contribution in [3.63, 3.8) is 0 Å². The van der Waals surface area contributed by atoms with Crippen LogP contribution in [0.2, 0.25) is 0 Å². The minimum atomic E-state index is -4.96. The first-order valence-corrected chi connectivity index (χ1v) is 9.72. The number of hydrogen-bond acceptors (Lipinski definition) is 3. The van der Waals surface area contributed by atoms with Crippen LogP contribution in [0, 0.1) is 0 Å². The monoisotopic (exact) mass is 410 g/mol. The van der Waals surface area contributed by atoms with Gasteiger partial charge in [0.15, 0.2) is 0 Å². The van der Waals surface area contributed by atoms with Crippen molar-refractivity contribution in [1.82, 2.24) is 9.38 Å². The van der Waals surface area contributed by atoms with Crippen LogP contribution in [-0.4, -0.2) is 33.9 Å². The first-order valence-electron chi connectivity index (χ1n) is 9.72. The van der Waals surface area contributed by atoms with E-state index in [1.165, 1.54) is 6.07 Å². The minimum absolute atomic E-state index is 0.0769. The molecule has 1 aliphatic carbocycles. The van der Waals surface area contributed by atoms with Gasteiger partial charge in [-0.3, -0.25) is 0 Å². The lowest BCUT2D eigenvalue weighted by atomic mass is 9.83. The van der Waals surface area contributed by atoms with Gasteiger partial charge in [0, 0.05) is 12.1 Å². The molecule has 2 aromatic heterocycles. The second-order valence-corrected chi connectivity index (χ2v) is 8.71. The van der Waals surface area contributed by atoms with Crippen LogP contribution < -0.4 is 0 Å². The lowest BCUT2D eigenvalue weighted by molar-refractivity contribution is -0.0701. The second-order valence-electron chi connectivity index (χ2n) is 8.71. The second kappa shape index (κ2) is 6.57. The Morgan fingerprint density at radius 1 is 1.14 bits per heavy atom. The molecule has 0 bridgehead atoms. The summed E-state index contributed by atoms with van der Waals surface area (Å²) in [4.78, 5) is 4.28. The highest BCUT2D eigenvalue weighted by Crippen LogP contribution is 2.45. The molecule has 156 valence electrons. The number of fused-ring (bicyclic) bond motifs is 1. The fourth-order valence-electron chi connectivity index (χ4n) is 3.65. The van der Waals surface area contributed by atoms with Gasteiger partial charge in [-0.05, 0) is 52.7 Å². The van der Waals surface area contributed by atoms with Gasteiger partial charge in [0.25, 0.3) is 0 Å². The standard InChI is InChI=1S/C20H23BF4N2O2/c1-18(2)19(3,4)29-21(28-18)16(22)14(20(23,24)25)15-13-10-5-6-11-27(13)17(26-15)12-8-7-9-12/h5-6,10-12H,7-9H2,1-4H3. The van der Waals surface area contributed by atoms with Crippen LogP contribution in [0.1, 0.15) is 64.4 Å². The number of nitrogens with zero attached hydrogens (tertiary/aromatic N) is 2. The third-order valence-corrected chi connectivity index (χ3v) is 6.27. The number of pyridine rings is 1. The van der Waals surface area contributed by atoms with Crippen LogP contribution in [0.3, 0.4) is 0 Å². The summed E-state index contributed by atoms with van der Waals surface area (Å²) in [6.07, 6.45) is -0.572. The lowest BCUT2D eigenvalue weighted by Crippen LogP contribution is -2.41. The molecule has 0 N–H and O–H groups in total. The smallest absolute Gasteiger partial charge is 0.398 e. The summed E-state index contributed by atoms with van der Waals surface area (Å²) in [5.74, 6) is 0.610. The average molecular weight is 410 g/mol. The van der Waals surface area contributed by atoms with Crippen molar-refractivity contribution in [2.24, 2.45) is 0 Å². The number of rotatable bonds is 3. The number of alkyl halides is 3. The van der Waals surface area contributed by atoms with E-state index in [4.69, 9.17) is 9.31 Å². The highest BCUT2D eigenvalue weighted by atomic mass is 19.4. The lowest BCUT2D eigenvalue weighted by Gasteiger charge is -2.32. The molecule has 4 rings (SSSR count). The number of allylic oxidation sites excluding steroid dienone is 1. The van der Waals surface area contributed by atoms with E-state index in [0.29, 0.717) is 5.82 Å². The van der Waals surface area contributed by atoms with Gasteiger partial charge >= 0.3 is 13.3 Å². The maximum atomic E-state index is 15.3. The predicted molar refractivity (Wildman–Crippen MR) is 102 cm³/mol. The molecule has 3 heterocycles. The Bertz CT molecular complexity index is 961. The van der Waals surface area contributed by atoms with Crippen LogP contribution in [0.5, 0.6) is 0 Å². The Labute approximate surface area is 167 Å². The molecule has 2 fully saturated rings. The fraction of sp³-hybridized carbons (Fsp3) is 0.550. The highest BCUT2D eigenvalue weighted by molar-refractivity contribution is 6.55. The molecule has 1 aliphatic heterocycles. The normalized spacial score (nSPS) is 22.7. The van der Waals surface area contributed by atoms with Gasteiger partial charge in [0.1, 0.15) is 22.8 Å². The molecular formula is C20H23BF4N2O2. The van der Waals surface area contributed by atoms with E-state index in [2.05, 4.69) is 4.98 Å². The molecule has 2 aromatic rings. The van der Waals surface area contributed by atoms with Gasteiger partial charge < -0.3 is 13.7 Å². The van der Waals surface area contributed by atoms with Crippen molar-refractivity contribution in [1.29, 1.82) is 0 Å². The van der Waals surface area contributed by atoms with Gasteiger partial charge in [-0.25, -0.2) is 9.37 Å². The zero-order valence-electron chi connectivity index (χ0n) is 16.8. The Hall–Kier alpha value is -1.87. The maximum Gasteiger partial charge on any atom is 0.525 e. The Morgan fingerprint density at radius 2 is 1.76 bits per heavy atom. The summed E-state index contributed by atoms with van der Waals surface area (Å²) < 4.78 is 70.2. The van der Waals surface area contributed by atoms with E-state index in [0.717, 1.165) is 19.3 Å². The first-order chi connectivity index (χ1) is 13.4. The quantitative estimate of drug-likeness (QED) is 0.497. The van der Waals surface area contributed by atoms with E-state index in [9.17, 15) is 13.2 Å². The van der Waals surface area contributed by atoms with E-state index in [1.807, 2.05) is 0 Å². The van der Waals surface area contributed by atoms with Crippen molar-refractivity contribution in [3.05, 3.63) is 41.6 Å². The molecule has 29 heavy (non-hydrogen) atoms. The van der Waals surface area contributed by atoms with Crippen LogP contribution >= 0.6 is 0 Å². The number of aromatic nitrogens is 2. The van der Waals surface area contributed by atoms with Crippen molar-refractivity contribution in [3.8, 4) is 0 Å². The summed E-state index contributed by atoms with van der Waals surface area (Å²) in [6.45, 7) is 6.64. The summed E-state index contributed by atoms with van der Waals surface area (Å²) >= 11 is 0. The van der Waals surface area contributed by atoms with Crippen LogP contribution in [0.4, 0.5) is 17.6 Å². The Balaban J connectivity index is 1.89. The topological polar surface area (TPSA) is 35.8 Å². The van der Waals surface area contributed by atoms with Crippen LogP contribution in [-0.2, 0) is 9.31 Å². The summed E-state index contributed by atoms with van der Waals surface area (Å²) in [6, 6.07) is 4.86. The third kappa shape index (κ3) is 3.28. The summed E-state index contributed by atoms with van der Waals surface area (Å²) in [5, 5.41) is 0. The van der Waals surface area contributed by atoms with Crippen LogP contribution in [0.15, 0.2) is 30.1 Å². The Morgan fingerprint density at radius 3 is 2.28 bits per heavy atom. The van der Waals surface area contributed by atoms with Crippen molar-refractivity contribution in [2.75, 3.05) is 0 Å². The molecule has 0 amide bonds. The SMILES string of the molecule is CC1(C)OB(C(F)=C(c2nc(C3CCC3)n3ccccc23)C(F)(F)F)OC1(C)C. The fourth-order valence-corrected chi connectivity index (χ4v) is 3.65. The van der Waals surface area contributed by atoms with Gasteiger partial charge in [-0.1, -0.05) is 12.5 Å². The van der Waals surface area contributed by atoms with Gasteiger partial charge in [0.05, 0.1) is 16.7 Å². The van der Waals surface area contributed by atoms with Crippen LogP contribution in [0.25, 0.3) is 11.1 Å². The third-order valence-electron chi connectivity index (χ3n) is 6.27. The molecule has 9 heteroatoms. The average Bonchev–Trinajstić information content (AvgIpc) is 3.00. The number of imidazole rings is 1. The van der Waals surface area contributed by atoms with Crippen molar-refractivity contribution in [2.45, 2.75) is 70.3 Å². The van der Waals surface area contributed by atoms with E-state index in [1.54, 1.807) is 50.4 Å². The zero-order valence-corrected chi connectivity index (χ0v) is 16.8. The largest absolute Gasteiger partial charge is 0.525 e. The molecule has 2 aliphatic rings. The summed E-state index contributed by atoms with van der Waals surface area (Å²) in [7, 11) is -1.75. The molecule has 1 saturated carbocycles. The molecule has 0 radical (unpaired) electrons. The van der Waals surface area contributed by atoms with E-state index >= 15 is 4.39 Å². The van der Waals surface area contributed by atoms with Crippen molar-refractivity contribution < 1.29 is 26.9 Å². The highest BCUT2D eigenvalue weighted by Gasteiger charge is 2.56. The molecule has 0 aromatic carbocycles. The first kappa shape index (κ1) is 20.4. The maximum absolute atomic E-state index is 15.3. The molecule has 0 atom stereocenters. The van der Waals surface area contributed by atoms with Gasteiger partial charge in [-0.15, -0.1) is 0 Å². The van der Waals surface area contributed by atoms with Gasteiger partial charge in [-0.2, -0.15) is 13.2 Å². The predicted octanol–water partition coefficient (Wildman–Crippen LogP) is 5.48. The van der Waals surface area contributed by atoms with E-state index < -0.39 is 41.5 Å². The van der Waals surface area contributed by atoms with Crippen molar-refractivity contribution >= 4 is 18.2 Å². The van der Waals surface area contributed by atoms with E-state index in [-0.39, 0.29) is 11.4 Å². The summed E-state index contributed by atoms with van der Waals surface area (Å²) in [5.41, 5.74) is -5.07. The molecule has 0 unspecified atom stereocenters. The Kier molecular flexibility index (Phi) is 4.62. The number of hydrogen-bond donors (Lipinski definition) is 0. The molecular weight excluding hydrogens is 387 g/mol. The molecule has 1 saturated heterocycles.